The maximum Gasteiger partial charge on any atom is 0.195 e. The zero-order chi connectivity index (χ0) is 12.3. The quantitative estimate of drug-likeness (QED) is 0.632. The van der Waals surface area contributed by atoms with Gasteiger partial charge in [0.05, 0.1) is 11.7 Å². The van der Waals surface area contributed by atoms with Crippen molar-refractivity contribution in [2.24, 2.45) is 10.7 Å². The van der Waals surface area contributed by atoms with Crippen molar-refractivity contribution < 1.29 is 4.39 Å². The van der Waals surface area contributed by atoms with Crippen LogP contribution < -0.4 is 10.6 Å². The van der Waals surface area contributed by atoms with Crippen LogP contribution in [0, 0.1) is 5.82 Å². The number of anilines is 1. The van der Waals surface area contributed by atoms with E-state index in [4.69, 9.17) is 5.73 Å². The lowest BCUT2D eigenvalue weighted by Gasteiger charge is -2.19. The van der Waals surface area contributed by atoms with E-state index < -0.39 is 0 Å². The highest BCUT2D eigenvalue weighted by Crippen LogP contribution is 2.22. The topological polar surface area (TPSA) is 41.6 Å². The van der Waals surface area contributed by atoms with Crippen LogP contribution in [0.4, 0.5) is 10.1 Å². The molecule has 0 bridgehead atoms. The van der Waals surface area contributed by atoms with Crippen LogP contribution in [-0.2, 0) is 0 Å². The minimum atomic E-state index is -0.278. The second-order valence-corrected chi connectivity index (χ2v) is 4.44. The van der Waals surface area contributed by atoms with Gasteiger partial charge in [-0.1, -0.05) is 25.0 Å². The van der Waals surface area contributed by atoms with Gasteiger partial charge in [-0.15, -0.1) is 0 Å². The van der Waals surface area contributed by atoms with Gasteiger partial charge in [0.1, 0.15) is 5.82 Å². The number of benzene rings is 1. The lowest BCUT2D eigenvalue weighted by atomic mass is 10.2. The fourth-order valence-corrected chi connectivity index (χ4v) is 2.15. The molecule has 0 amide bonds. The maximum absolute atomic E-state index is 13.6. The molecule has 1 aromatic rings. The van der Waals surface area contributed by atoms with Crippen molar-refractivity contribution >= 4 is 11.6 Å². The Morgan fingerprint density at radius 3 is 2.65 bits per heavy atom. The monoisotopic (exact) mass is 235 g/mol. The van der Waals surface area contributed by atoms with Gasteiger partial charge in [-0.3, -0.25) is 0 Å². The summed E-state index contributed by atoms with van der Waals surface area (Å²) < 4.78 is 13.6. The molecule has 3 nitrogen and oxygen atoms in total. The summed E-state index contributed by atoms with van der Waals surface area (Å²) in [6.07, 6.45) is 4.60. The average Bonchev–Trinajstić information content (AvgIpc) is 2.81. The summed E-state index contributed by atoms with van der Waals surface area (Å²) >= 11 is 0. The van der Waals surface area contributed by atoms with Gasteiger partial charge in [0.2, 0.25) is 0 Å². The fraction of sp³-hybridized carbons (Fsp3) is 0.462. The summed E-state index contributed by atoms with van der Waals surface area (Å²) in [5.41, 5.74) is 6.37. The summed E-state index contributed by atoms with van der Waals surface area (Å²) in [6.45, 7) is 0. The van der Waals surface area contributed by atoms with Crippen LogP contribution in [-0.4, -0.2) is 19.0 Å². The second-order valence-electron chi connectivity index (χ2n) is 4.44. The van der Waals surface area contributed by atoms with Crippen molar-refractivity contribution in [2.45, 2.75) is 31.7 Å². The molecule has 0 aromatic heterocycles. The molecule has 4 heteroatoms. The van der Waals surface area contributed by atoms with E-state index in [0.29, 0.717) is 17.7 Å². The van der Waals surface area contributed by atoms with Crippen molar-refractivity contribution in [3.63, 3.8) is 0 Å². The molecule has 0 radical (unpaired) electrons. The SMILES string of the molecule is CN(C(N)=NC1CCCC1)c1ccccc1F. The normalized spacial score (nSPS) is 17.4. The first kappa shape index (κ1) is 11.9. The van der Waals surface area contributed by atoms with Crippen molar-refractivity contribution in [3.8, 4) is 0 Å². The average molecular weight is 235 g/mol. The van der Waals surface area contributed by atoms with Crippen LogP contribution >= 0.6 is 0 Å². The Bertz CT molecular complexity index is 411. The van der Waals surface area contributed by atoms with Crippen molar-refractivity contribution in [1.29, 1.82) is 0 Å². The molecular formula is C13H18FN3. The lowest BCUT2D eigenvalue weighted by molar-refractivity contribution is 0.627. The van der Waals surface area contributed by atoms with E-state index in [2.05, 4.69) is 4.99 Å². The third-order valence-electron chi connectivity index (χ3n) is 3.20. The van der Waals surface area contributed by atoms with E-state index in [1.54, 1.807) is 30.1 Å². The first-order valence-electron chi connectivity index (χ1n) is 6.00. The zero-order valence-electron chi connectivity index (χ0n) is 10.1. The predicted octanol–water partition coefficient (Wildman–Crippen LogP) is 2.52. The highest BCUT2D eigenvalue weighted by molar-refractivity contribution is 5.94. The van der Waals surface area contributed by atoms with Gasteiger partial charge < -0.3 is 10.6 Å². The molecule has 2 rings (SSSR count). The van der Waals surface area contributed by atoms with Crippen LogP contribution in [0.5, 0.6) is 0 Å². The van der Waals surface area contributed by atoms with Gasteiger partial charge in [-0.05, 0) is 25.0 Å². The molecule has 92 valence electrons. The number of nitrogens with zero attached hydrogens (tertiary/aromatic N) is 2. The number of guanidine groups is 1. The molecule has 17 heavy (non-hydrogen) atoms. The molecule has 0 atom stereocenters. The standard InChI is InChI=1S/C13H18FN3/c1-17(12-9-5-4-8-11(12)14)13(15)16-10-6-2-3-7-10/h4-5,8-10H,2-3,6-7H2,1H3,(H2,15,16). The van der Waals surface area contributed by atoms with Crippen molar-refractivity contribution in [3.05, 3.63) is 30.1 Å². The van der Waals surface area contributed by atoms with Gasteiger partial charge in [0.15, 0.2) is 5.96 Å². The Kier molecular flexibility index (Phi) is 3.61. The van der Waals surface area contributed by atoms with Gasteiger partial charge in [0.25, 0.3) is 0 Å². The number of halogens is 1. The Labute approximate surface area is 101 Å². The first-order chi connectivity index (χ1) is 8.18. The lowest BCUT2D eigenvalue weighted by Crippen LogP contribution is -2.35. The minimum absolute atomic E-state index is 0.278. The van der Waals surface area contributed by atoms with E-state index in [9.17, 15) is 4.39 Å². The van der Waals surface area contributed by atoms with Crippen LogP contribution in [0.25, 0.3) is 0 Å². The van der Waals surface area contributed by atoms with Gasteiger partial charge in [-0.25, -0.2) is 9.38 Å². The molecule has 2 N–H and O–H groups in total. The highest BCUT2D eigenvalue weighted by Gasteiger charge is 2.16. The highest BCUT2D eigenvalue weighted by atomic mass is 19.1. The molecule has 1 fully saturated rings. The van der Waals surface area contributed by atoms with E-state index >= 15 is 0 Å². The van der Waals surface area contributed by atoms with E-state index in [-0.39, 0.29) is 5.82 Å². The van der Waals surface area contributed by atoms with Crippen LogP contribution in [0.2, 0.25) is 0 Å². The number of nitrogens with two attached hydrogens (primary N) is 1. The van der Waals surface area contributed by atoms with Crippen LogP contribution in [0.3, 0.4) is 0 Å². The summed E-state index contributed by atoms with van der Waals surface area (Å²) in [7, 11) is 1.74. The van der Waals surface area contributed by atoms with E-state index in [1.807, 2.05) is 0 Å². The molecule has 1 aromatic carbocycles. The molecule has 1 aliphatic carbocycles. The zero-order valence-corrected chi connectivity index (χ0v) is 10.1. The minimum Gasteiger partial charge on any atom is -0.370 e. The molecule has 0 heterocycles. The Morgan fingerprint density at radius 2 is 2.00 bits per heavy atom. The molecule has 1 saturated carbocycles. The van der Waals surface area contributed by atoms with Crippen LogP contribution in [0.15, 0.2) is 29.3 Å². The number of para-hydroxylation sites is 1. The Hall–Kier alpha value is -1.58. The first-order valence-corrected chi connectivity index (χ1v) is 6.00. The second kappa shape index (κ2) is 5.17. The van der Waals surface area contributed by atoms with Gasteiger partial charge >= 0.3 is 0 Å². The molecular weight excluding hydrogens is 217 g/mol. The Balaban J connectivity index is 2.13. The summed E-state index contributed by atoms with van der Waals surface area (Å²) in [5, 5.41) is 0. The van der Waals surface area contributed by atoms with Gasteiger partial charge in [0, 0.05) is 7.05 Å². The molecule has 0 saturated heterocycles. The third kappa shape index (κ3) is 2.75. The maximum atomic E-state index is 13.6. The number of hydrogen-bond acceptors (Lipinski definition) is 1. The number of rotatable bonds is 2. The number of hydrogen-bond donors (Lipinski definition) is 1. The smallest absolute Gasteiger partial charge is 0.195 e. The van der Waals surface area contributed by atoms with E-state index in [0.717, 1.165) is 12.8 Å². The van der Waals surface area contributed by atoms with E-state index in [1.165, 1.54) is 18.9 Å². The van der Waals surface area contributed by atoms with Gasteiger partial charge in [-0.2, -0.15) is 0 Å². The summed E-state index contributed by atoms with van der Waals surface area (Å²) in [5.74, 6) is 0.113. The molecule has 0 unspecified atom stereocenters. The van der Waals surface area contributed by atoms with Crippen molar-refractivity contribution in [2.75, 3.05) is 11.9 Å². The Morgan fingerprint density at radius 1 is 1.35 bits per heavy atom. The molecule has 0 spiro atoms. The molecule has 1 aliphatic rings. The number of aliphatic imine (C=N–C) groups is 1. The fourth-order valence-electron chi connectivity index (χ4n) is 2.15. The van der Waals surface area contributed by atoms with Crippen LogP contribution in [0.1, 0.15) is 25.7 Å². The summed E-state index contributed by atoms with van der Waals surface area (Å²) in [4.78, 5) is 6.05. The third-order valence-corrected chi connectivity index (χ3v) is 3.20. The molecule has 0 aliphatic heterocycles. The van der Waals surface area contributed by atoms with Crippen molar-refractivity contribution in [1.82, 2.24) is 0 Å². The predicted molar refractivity (Wildman–Crippen MR) is 68.7 cm³/mol. The largest absolute Gasteiger partial charge is 0.370 e. The summed E-state index contributed by atoms with van der Waals surface area (Å²) in [6, 6.07) is 6.89.